The monoisotopic (exact) mass is 588 g/mol. The van der Waals surface area contributed by atoms with E-state index in [2.05, 4.69) is 38.8 Å². The number of amides is 1. The van der Waals surface area contributed by atoms with Gasteiger partial charge >= 0.3 is 6.36 Å². The quantitative estimate of drug-likeness (QED) is 0.157. The van der Waals surface area contributed by atoms with Gasteiger partial charge in [0.25, 0.3) is 0 Å². The predicted molar refractivity (Wildman–Crippen MR) is 159 cm³/mol. The van der Waals surface area contributed by atoms with Gasteiger partial charge in [-0.1, -0.05) is 49.9 Å². The number of hydrogen-bond donors (Lipinski definition) is 0. The highest BCUT2D eigenvalue weighted by Crippen LogP contribution is 2.33. The molecule has 1 amide bonds. The Morgan fingerprint density at radius 1 is 1.02 bits per heavy atom. The number of carbonyl (C=O) groups is 1. The summed E-state index contributed by atoms with van der Waals surface area (Å²) in [7, 11) is 0. The van der Waals surface area contributed by atoms with Gasteiger partial charge in [-0.3, -0.25) is 19.2 Å². The van der Waals surface area contributed by atoms with Crippen LogP contribution in [0.3, 0.4) is 0 Å². The second kappa shape index (κ2) is 10.9. The first-order valence-electron chi connectivity index (χ1n) is 13.0. The summed E-state index contributed by atoms with van der Waals surface area (Å²) in [5.74, 6) is 0.202. The van der Waals surface area contributed by atoms with Crippen LogP contribution in [0.2, 0.25) is 0 Å². The smallest absolute Gasteiger partial charge is 0.406 e. The fourth-order valence-corrected chi connectivity index (χ4v) is 5.59. The Hall–Kier alpha value is -4.71. The lowest BCUT2D eigenvalue weighted by atomic mass is 10.0. The molecule has 0 bridgehead atoms. The van der Waals surface area contributed by atoms with E-state index in [4.69, 9.17) is 0 Å². The van der Waals surface area contributed by atoms with E-state index in [0.29, 0.717) is 33.2 Å². The summed E-state index contributed by atoms with van der Waals surface area (Å²) in [6, 6.07) is 19.0. The Morgan fingerprint density at radius 3 is 2.57 bits per heavy atom. The molecular formula is C30H23F3N6O2S. The molecule has 2 aromatic heterocycles. The fraction of sp³-hybridized carbons (Fsp3) is 0.167. The van der Waals surface area contributed by atoms with Crippen molar-refractivity contribution in [3.63, 3.8) is 0 Å². The lowest BCUT2D eigenvalue weighted by molar-refractivity contribution is -0.274. The van der Waals surface area contributed by atoms with E-state index in [1.165, 1.54) is 36.0 Å². The normalized spacial score (nSPS) is 15.2. The summed E-state index contributed by atoms with van der Waals surface area (Å²) in [5, 5.41) is 9.96. The van der Waals surface area contributed by atoms with Gasteiger partial charge in [0.15, 0.2) is 5.17 Å². The lowest BCUT2D eigenvalue weighted by Gasteiger charge is -2.20. The maximum Gasteiger partial charge on any atom is 0.573 e. The number of ether oxygens (including phenoxy) is 1. The predicted octanol–water partition coefficient (Wildman–Crippen LogP) is 7.07. The van der Waals surface area contributed by atoms with Crippen molar-refractivity contribution in [1.82, 2.24) is 14.5 Å². The number of imidazole rings is 1. The maximum atomic E-state index is 12.7. The van der Waals surface area contributed by atoms with Gasteiger partial charge in [0, 0.05) is 22.8 Å². The topological polar surface area (TPSA) is 85.0 Å². The van der Waals surface area contributed by atoms with Gasteiger partial charge < -0.3 is 4.74 Å². The zero-order chi connectivity index (χ0) is 29.4. The van der Waals surface area contributed by atoms with Gasteiger partial charge in [-0.05, 0) is 53.9 Å². The molecule has 12 heteroatoms. The van der Waals surface area contributed by atoms with Crippen LogP contribution in [-0.4, -0.2) is 43.9 Å². The summed E-state index contributed by atoms with van der Waals surface area (Å²) in [5.41, 5.74) is 5.28. The van der Waals surface area contributed by atoms with E-state index in [1.807, 2.05) is 42.5 Å². The maximum absolute atomic E-state index is 12.7. The second-order valence-corrected chi connectivity index (χ2v) is 10.7. The first kappa shape index (κ1) is 27.5. The fourth-order valence-electron chi connectivity index (χ4n) is 4.77. The molecule has 1 fully saturated rings. The number of benzene rings is 3. The third-order valence-corrected chi connectivity index (χ3v) is 7.57. The van der Waals surface area contributed by atoms with Crippen molar-refractivity contribution in [2.24, 2.45) is 10.2 Å². The second-order valence-electron chi connectivity index (χ2n) is 9.79. The van der Waals surface area contributed by atoms with Crippen LogP contribution in [0.25, 0.3) is 27.6 Å². The molecule has 0 spiro atoms. The summed E-state index contributed by atoms with van der Waals surface area (Å²) in [4.78, 5) is 23.4. The Kier molecular flexibility index (Phi) is 7.15. The number of halogens is 3. The Labute approximate surface area is 242 Å². The van der Waals surface area contributed by atoms with E-state index in [-0.39, 0.29) is 17.6 Å². The molecule has 0 saturated carbocycles. The highest BCUT2D eigenvalue weighted by Gasteiger charge is 2.32. The number of anilines is 1. The van der Waals surface area contributed by atoms with E-state index < -0.39 is 6.36 Å². The summed E-state index contributed by atoms with van der Waals surface area (Å²) < 4.78 is 43.2. The van der Waals surface area contributed by atoms with Crippen molar-refractivity contribution < 1.29 is 22.7 Å². The molecule has 1 saturated heterocycles. The zero-order valence-corrected chi connectivity index (χ0v) is 23.2. The number of aromatic nitrogens is 3. The molecule has 0 N–H and O–H groups in total. The van der Waals surface area contributed by atoms with Gasteiger partial charge in [-0.25, -0.2) is 4.98 Å². The number of para-hydroxylation sites is 1. The van der Waals surface area contributed by atoms with E-state index in [1.54, 1.807) is 28.2 Å². The van der Waals surface area contributed by atoms with E-state index in [9.17, 15) is 18.0 Å². The molecule has 42 heavy (non-hydrogen) atoms. The number of thioether (sulfide) groups is 1. The van der Waals surface area contributed by atoms with Crippen molar-refractivity contribution in [2.45, 2.75) is 26.1 Å². The van der Waals surface area contributed by atoms with E-state index >= 15 is 0 Å². The van der Waals surface area contributed by atoms with Crippen molar-refractivity contribution in [3.05, 3.63) is 90.4 Å². The van der Waals surface area contributed by atoms with Crippen LogP contribution >= 0.6 is 11.8 Å². The van der Waals surface area contributed by atoms with Crippen LogP contribution in [0.5, 0.6) is 5.75 Å². The molecule has 1 aliphatic rings. The minimum Gasteiger partial charge on any atom is -0.406 e. The first-order valence-corrected chi connectivity index (χ1v) is 13.9. The molecule has 212 valence electrons. The number of amidine groups is 1. The Bertz CT molecular complexity index is 1870. The Balaban J connectivity index is 1.25. The number of alkyl halides is 3. The minimum absolute atomic E-state index is 0.0385. The highest BCUT2D eigenvalue weighted by molar-refractivity contribution is 8.15. The van der Waals surface area contributed by atoms with Gasteiger partial charge in [-0.15, -0.1) is 18.3 Å². The van der Waals surface area contributed by atoms with Crippen LogP contribution in [0.15, 0.2) is 89.5 Å². The average molecular weight is 589 g/mol. The third kappa shape index (κ3) is 5.45. The van der Waals surface area contributed by atoms with Crippen molar-refractivity contribution >= 4 is 56.7 Å². The summed E-state index contributed by atoms with van der Waals surface area (Å²) in [6.45, 7) is 4.17. The van der Waals surface area contributed by atoms with Gasteiger partial charge in [0.1, 0.15) is 17.6 Å². The van der Waals surface area contributed by atoms with Crippen LogP contribution in [0.1, 0.15) is 30.9 Å². The molecule has 0 radical (unpaired) electrons. The highest BCUT2D eigenvalue weighted by atomic mass is 32.2. The van der Waals surface area contributed by atoms with Gasteiger partial charge in [0.05, 0.1) is 28.7 Å². The largest absolute Gasteiger partial charge is 0.573 e. The number of carbonyl (C=O) groups excluding carboxylic acids is 1. The van der Waals surface area contributed by atoms with Gasteiger partial charge in [-0.2, -0.15) is 5.10 Å². The van der Waals surface area contributed by atoms with E-state index in [0.717, 1.165) is 22.2 Å². The molecule has 5 aromatic rings. The number of pyridine rings is 1. The van der Waals surface area contributed by atoms with Crippen LogP contribution < -0.4 is 9.64 Å². The lowest BCUT2D eigenvalue weighted by Crippen LogP contribution is -2.30. The van der Waals surface area contributed by atoms with Crippen molar-refractivity contribution in [3.8, 4) is 11.4 Å². The molecule has 3 heterocycles. The Morgan fingerprint density at radius 2 is 1.81 bits per heavy atom. The molecular weight excluding hydrogens is 565 g/mol. The molecule has 8 nitrogen and oxygen atoms in total. The standard InChI is InChI=1S/C30H23F3N6O2S/c1-18(2)23-5-3-4-6-24(23)39-26(40)16-42-29(39)37-36-15-19-13-20-7-12-25-28(27(20)34-14-19)35-17-38(25)21-8-10-22(11-9-21)41-30(31,32)33/h3-15,17-18H,16H2,1-2H3. The third-order valence-electron chi connectivity index (χ3n) is 6.65. The number of hydrogen-bond acceptors (Lipinski definition) is 7. The molecule has 0 unspecified atom stereocenters. The minimum atomic E-state index is -4.75. The number of fused-ring (bicyclic) bond motifs is 3. The van der Waals surface area contributed by atoms with Crippen molar-refractivity contribution in [2.75, 3.05) is 10.7 Å². The molecule has 6 rings (SSSR count). The van der Waals surface area contributed by atoms with Crippen LogP contribution in [0, 0.1) is 0 Å². The molecule has 0 atom stereocenters. The zero-order valence-electron chi connectivity index (χ0n) is 22.4. The first-order chi connectivity index (χ1) is 20.2. The SMILES string of the molecule is CC(C)c1ccccc1N1C(=O)CSC1=NN=Cc1cnc2c(ccc3c2ncn3-c2ccc(OC(F)(F)F)cc2)c1. The average Bonchev–Trinajstić information content (AvgIpc) is 3.56. The van der Waals surface area contributed by atoms with Crippen LogP contribution in [-0.2, 0) is 4.79 Å². The molecule has 1 aliphatic heterocycles. The number of rotatable bonds is 6. The van der Waals surface area contributed by atoms with Gasteiger partial charge in [0.2, 0.25) is 5.91 Å². The molecule has 0 aliphatic carbocycles. The van der Waals surface area contributed by atoms with Crippen molar-refractivity contribution in [1.29, 1.82) is 0 Å². The molecule has 3 aromatic carbocycles. The summed E-state index contributed by atoms with van der Waals surface area (Å²) in [6.07, 6.45) is 0.0920. The van der Waals surface area contributed by atoms with Crippen LogP contribution in [0.4, 0.5) is 18.9 Å². The number of nitrogens with zero attached hydrogens (tertiary/aromatic N) is 6. The summed E-state index contributed by atoms with van der Waals surface area (Å²) >= 11 is 1.35.